The highest BCUT2D eigenvalue weighted by atomic mass is 16.5. The zero-order valence-corrected chi connectivity index (χ0v) is 12.2. The summed E-state index contributed by atoms with van der Waals surface area (Å²) in [6, 6.07) is 4.72. The predicted molar refractivity (Wildman–Crippen MR) is 79.8 cm³/mol. The first-order valence-electron chi connectivity index (χ1n) is 7.53. The lowest BCUT2D eigenvalue weighted by Crippen LogP contribution is -2.44. The molecule has 3 heterocycles. The van der Waals surface area contributed by atoms with E-state index in [0.29, 0.717) is 6.04 Å². The van der Waals surface area contributed by atoms with Crippen LogP contribution in [-0.4, -0.2) is 55.3 Å². The van der Waals surface area contributed by atoms with E-state index in [0.717, 1.165) is 50.8 Å². The Hall–Kier alpha value is -1.17. The highest BCUT2D eigenvalue weighted by molar-refractivity contribution is 5.49. The summed E-state index contributed by atoms with van der Waals surface area (Å²) in [7, 11) is 0. The van der Waals surface area contributed by atoms with Crippen molar-refractivity contribution in [3.63, 3.8) is 0 Å². The van der Waals surface area contributed by atoms with Gasteiger partial charge in [-0.2, -0.15) is 0 Å². The van der Waals surface area contributed by atoms with Gasteiger partial charge in [0, 0.05) is 50.0 Å². The molecule has 0 spiro atoms. The van der Waals surface area contributed by atoms with Crippen molar-refractivity contribution in [2.75, 3.05) is 44.3 Å². The van der Waals surface area contributed by atoms with Gasteiger partial charge in [-0.1, -0.05) is 6.07 Å². The molecule has 1 unspecified atom stereocenters. The van der Waals surface area contributed by atoms with E-state index in [2.05, 4.69) is 20.9 Å². The van der Waals surface area contributed by atoms with Crippen LogP contribution in [0, 0.1) is 0 Å². The van der Waals surface area contributed by atoms with Gasteiger partial charge in [0.05, 0.1) is 13.2 Å². The summed E-state index contributed by atoms with van der Waals surface area (Å²) in [6.07, 6.45) is 3.07. The third-order valence-electron chi connectivity index (χ3n) is 4.33. The van der Waals surface area contributed by atoms with Crippen LogP contribution in [0.4, 0.5) is 5.82 Å². The van der Waals surface area contributed by atoms with E-state index >= 15 is 0 Å². The Morgan fingerprint density at radius 1 is 1.35 bits per heavy atom. The van der Waals surface area contributed by atoms with E-state index in [-0.39, 0.29) is 6.04 Å². The summed E-state index contributed by atoms with van der Waals surface area (Å²) in [5, 5.41) is 0. The van der Waals surface area contributed by atoms with Crippen molar-refractivity contribution in [2.24, 2.45) is 5.73 Å². The van der Waals surface area contributed by atoms with Gasteiger partial charge in [-0.25, -0.2) is 4.98 Å². The van der Waals surface area contributed by atoms with Crippen LogP contribution in [0.15, 0.2) is 18.3 Å². The number of aromatic nitrogens is 1. The van der Waals surface area contributed by atoms with Crippen molar-refractivity contribution in [3.05, 3.63) is 23.9 Å². The first-order valence-corrected chi connectivity index (χ1v) is 7.53. The first kappa shape index (κ1) is 13.8. The highest BCUT2D eigenvalue weighted by Crippen LogP contribution is 2.27. The molecule has 1 aromatic heterocycles. The highest BCUT2D eigenvalue weighted by Gasteiger charge is 2.30. The molecule has 0 aliphatic carbocycles. The zero-order valence-electron chi connectivity index (χ0n) is 12.2. The van der Waals surface area contributed by atoms with Gasteiger partial charge >= 0.3 is 0 Å². The fraction of sp³-hybridized carbons (Fsp3) is 0.667. The van der Waals surface area contributed by atoms with Crippen molar-refractivity contribution >= 4 is 5.82 Å². The summed E-state index contributed by atoms with van der Waals surface area (Å²) in [5.74, 6) is 1.07. The fourth-order valence-corrected chi connectivity index (χ4v) is 3.20. The van der Waals surface area contributed by atoms with Crippen molar-refractivity contribution in [1.82, 2.24) is 9.88 Å². The maximum absolute atomic E-state index is 6.07. The van der Waals surface area contributed by atoms with Gasteiger partial charge in [-0.15, -0.1) is 0 Å². The van der Waals surface area contributed by atoms with Gasteiger partial charge in [0.15, 0.2) is 0 Å². The Kier molecular flexibility index (Phi) is 4.19. The van der Waals surface area contributed by atoms with Gasteiger partial charge in [0.2, 0.25) is 0 Å². The van der Waals surface area contributed by atoms with Gasteiger partial charge in [-0.05, 0) is 19.4 Å². The standard InChI is InChI=1S/C15H24N4O/c1-12(16)14-3-2-5-17-15(14)19-6-4-13(11-19)18-7-9-20-10-8-18/h2-3,5,12-13H,4,6-11,16H2,1H3/t12-,13?/m0/s1. The molecule has 0 aromatic carbocycles. The number of nitrogens with zero attached hydrogens (tertiary/aromatic N) is 3. The van der Waals surface area contributed by atoms with E-state index in [9.17, 15) is 0 Å². The molecule has 2 aliphatic rings. The Morgan fingerprint density at radius 3 is 2.90 bits per heavy atom. The van der Waals surface area contributed by atoms with Gasteiger partial charge in [0.1, 0.15) is 5.82 Å². The topological polar surface area (TPSA) is 54.6 Å². The Bertz CT molecular complexity index is 445. The molecule has 1 aromatic rings. The molecule has 2 atom stereocenters. The van der Waals surface area contributed by atoms with E-state index in [1.807, 2.05) is 19.2 Å². The number of rotatable bonds is 3. The normalized spacial score (nSPS) is 25.9. The molecule has 110 valence electrons. The summed E-state index contributed by atoms with van der Waals surface area (Å²) in [4.78, 5) is 9.51. The predicted octanol–water partition coefficient (Wildman–Crippen LogP) is 1.01. The molecular weight excluding hydrogens is 252 g/mol. The molecule has 5 heteroatoms. The van der Waals surface area contributed by atoms with Crippen LogP contribution in [-0.2, 0) is 4.74 Å². The number of ether oxygens (including phenoxy) is 1. The van der Waals surface area contributed by atoms with E-state index in [4.69, 9.17) is 10.5 Å². The van der Waals surface area contributed by atoms with Gasteiger partial charge in [0.25, 0.3) is 0 Å². The minimum absolute atomic E-state index is 0.0288. The molecule has 2 fully saturated rings. The van der Waals surface area contributed by atoms with Crippen LogP contribution in [0.2, 0.25) is 0 Å². The van der Waals surface area contributed by atoms with Crippen LogP contribution < -0.4 is 10.6 Å². The molecular formula is C15H24N4O. The van der Waals surface area contributed by atoms with Crippen molar-refractivity contribution in [2.45, 2.75) is 25.4 Å². The quantitative estimate of drug-likeness (QED) is 0.893. The molecule has 3 rings (SSSR count). The molecule has 20 heavy (non-hydrogen) atoms. The Balaban J connectivity index is 1.70. The minimum Gasteiger partial charge on any atom is -0.379 e. The average Bonchev–Trinajstić information content (AvgIpc) is 2.98. The second-order valence-corrected chi connectivity index (χ2v) is 5.74. The van der Waals surface area contributed by atoms with Crippen LogP contribution in [0.25, 0.3) is 0 Å². The molecule has 0 amide bonds. The van der Waals surface area contributed by atoms with E-state index < -0.39 is 0 Å². The number of nitrogens with two attached hydrogens (primary N) is 1. The zero-order chi connectivity index (χ0) is 13.9. The lowest BCUT2D eigenvalue weighted by Gasteiger charge is -2.32. The maximum Gasteiger partial charge on any atom is 0.133 e. The summed E-state index contributed by atoms with van der Waals surface area (Å²) in [5.41, 5.74) is 7.21. The SMILES string of the molecule is C[C@H](N)c1cccnc1N1CCC(N2CCOCC2)C1. The van der Waals surface area contributed by atoms with Crippen LogP contribution in [0.3, 0.4) is 0 Å². The molecule has 0 radical (unpaired) electrons. The summed E-state index contributed by atoms with van der Waals surface area (Å²) >= 11 is 0. The van der Waals surface area contributed by atoms with Crippen molar-refractivity contribution in [3.8, 4) is 0 Å². The van der Waals surface area contributed by atoms with E-state index in [1.165, 1.54) is 6.42 Å². The van der Waals surface area contributed by atoms with Gasteiger partial charge < -0.3 is 15.4 Å². The molecule has 0 bridgehead atoms. The summed E-state index contributed by atoms with van der Waals surface area (Å²) < 4.78 is 5.44. The largest absolute Gasteiger partial charge is 0.379 e. The third kappa shape index (κ3) is 2.80. The van der Waals surface area contributed by atoms with Gasteiger partial charge in [-0.3, -0.25) is 4.90 Å². The van der Waals surface area contributed by atoms with Crippen LogP contribution >= 0.6 is 0 Å². The van der Waals surface area contributed by atoms with E-state index in [1.54, 1.807) is 0 Å². The lowest BCUT2D eigenvalue weighted by atomic mass is 10.1. The second-order valence-electron chi connectivity index (χ2n) is 5.74. The average molecular weight is 276 g/mol. The number of anilines is 1. The maximum atomic E-state index is 6.07. The molecule has 2 saturated heterocycles. The second kappa shape index (κ2) is 6.08. The van der Waals surface area contributed by atoms with Crippen molar-refractivity contribution in [1.29, 1.82) is 0 Å². The minimum atomic E-state index is 0.0288. The number of hydrogen-bond acceptors (Lipinski definition) is 5. The molecule has 2 N–H and O–H groups in total. The molecule has 2 aliphatic heterocycles. The first-order chi connectivity index (χ1) is 9.75. The smallest absolute Gasteiger partial charge is 0.133 e. The number of hydrogen-bond donors (Lipinski definition) is 1. The summed E-state index contributed by atoms with van der Waals surface area (Å²) in [6.45, 7) is 7.99. The lowest BCUT2D eigenvalue weighted by molar-refractivity contribution is 0.0209. The monoisotopic (exact) mass is 276 g/mol. The third-order valence-corrected chi connectivity index (χ3v) is 4.33. The van der Waals surface area contributed by atoms with Crippen LogP contribution in [0.1, 0.15) is 24.9 Å². The molecule has 5 nitrogen and oxygen atoms in total. The molecule has 0 saturated carbocycles. The Labute approximate surface area is 120 Å². The Morgan fingerprint density at radius 2 is 2.15 bits per heavy atom. The number of morpholine rings is 1. The fourth-order valence-electron chi connectivity index (χ4n) is 3.20. The van der Waals surface area contributed by atoms with Crippen molar-refractivity contribution < 1.29 is 4.74 Å². The number of pyridine rings is 1. The van der Waals surface area contributed by atoms with Crippen LogP contribution in [0.5, 0.6) is 0 Å².